The summed E-state index contributed by atoms with van der Waals surface area (Å²) in [6, 6.07) is 14.4. The molecule has 2 aromatic carbocycles. The van der Waals surface area contributed by atoms with Gasteiger partial charge in [0.1, 0.15) is 18.0 Å². The van der Waals surface area contributed by atoms with Crippen LogP contribution in [0.25, 0.3) is 0 Å². The van der Waals surface area contributed by atoms with Gasteiger partial charge in [0.25, 0.3) is 0 Å². The molecule has 1 atom stereocenters. The smallest absolute Gasteiger partial charge is 0.121 e. The van der Waals surface area contributed by atoms with E-state index in [-0.39, 0.29) is 6.61 Å². The second-order valence-electron chi connectivity index (χ2n) is 4.50. The second-order valence-corrected chi connectivity index (χ2v) is 5.32. The van der Waals surface area contributed by atoms with Crippen molar-refractivity contribution in [3.63, 3.8) is 0 Å². The Balaban J connectivity index is 2.07. The summed E-state index contributed by atoms with van der Waals surface area (Å²) in [4.78, 5) is 0. The van der Waals surface area contributed by atoms with Crippen molar-refractivity contribution in [3.8, 4) is 5.75 Å². The SMILES string of the molecule is CC(O)(COc1ccc(Cl)c(Cl)c1)c1ccccc1. The predicted molar refractivity (Wildman–Crippen MR) is 78.0 cm³/mol. The molecule has 0 fully saturated rings. The van der Waals surface area contributed by atoms with Crippen LogP contribution in [-0.2, 0) is 5.60 Å². The zero-order chi connectivity index (χ0) is 13.9. The molecule has 0 aliphatic heterocycles. The van der Waals surface area contributed by atoms with Crippen LogP contribution in [0, 0.1) is 0 Å². The minimum atomic E-state index is -1.06. The molecule has 100 valence electrons. The van der Waals surface area contributed by atoms with Crippen LogP contribution < -0.4 is 4.74 Å². The van der Waals surface area contributed by atoms with Crippen molar-refractivity contribution >= 4 is 23.2 Å². The van der Waals surface area contributed by atoms with Gasteiger partial charge in [0.15, 0.2) is 0 Å². The largest absolute Gasteiger partial charge is 0.490 e. The molecule has 0 saturated carbocycles. The van der Waals surface area contributed by atoms with E-state index in [0.717, 1.165) is 5.56 Å². The third-order valence-electron chi connectivity index (χ3n) is 2.81. The van der Waals surface area contributed by atoms with Crippen LogP contribution in [0.2, 0.25) is 10.0 Å². The van der Waals surface area contributed by atoms with E-state index in [1.807, 2.05) is 30.3 Å². The highest BCUT2D eigenvalue weighted by atomic mass is 35.5. The molecule has 1 N–H and O–H groups in total. The Bertz CT molecular complexity index is 553. The quantitative estimate of drug-likeness (QED) is 0.912. The van der Waals surface area contributed by atoms with E-state index < -0.39 is 5.60 Å². The minimum absolute atomic E-state index is 0.134. The average Bonchev–Trinajstić information content (AvgIpc) is 2.41. The van der Waals surface area contributed by atoms with E-state index >= 15 is 0 Å². The molecule has 0 spiro atoms. The van der Waals surface area contributed by atoms with Crippen molar-refractivity contribution in [1.82, 2.24) is 0 Å². The highest BCUT2D eigenvalue weighted by molar-refractivity contribution is 6.42. The molecule has 0 radical (unpaired) electrons. The molecule has 0 aliphatic carbocycles. The van der Waals surface area contributed by atoms with Crippen molar-refractivity contribution in [1.29, 1.82) is 0 Å². The number of halogens is 2. The van der Waals surface area contributed by atoms with Crippen LogP contribution in [0.4, 0.5) is 0 Å². The summed E-state index contributed by atoms with van der Waals surface area (Å²) in [6.45, 7) is 1.84. The Morgan fingerprint density at radius 1 is 1.05 bits per heavy atom. The lowest BCUT2D eigenvalue weighted by Gasteiger charge is -2.24. The summed E-state index contributed by atoms with van der Waals surface area (Å²) < 4.78 is 5.57. The summed E-state index contributed by atoms with van der Waals surface area (Å²) in [5, 5.41) is 11.3. The summed E-state index contributed by atoms with van der Waals surface area (Å²) >= 11 is 11.7. The van der Waals surface area contributed by atoms with Gasteiger partial charge >= 0.3 is 0 Å². The fraction of sp³-hybridized carbons (Fsp3) is 0.200. The third-order valence-corrected chi connectivity index (χ3v) is 3.55. The molecule has 1 unspecified atom stereocenters. The van der Waals surface area contributed by atoms with Gasteiger partial charge in [-0.25, -0.2) is 0 Å². The van der Waals surface area contributed by atoms with Crippen LogP contribution >= 0.6 is 23.2 Å². The van der Waals surface area contributed by atoms with E-state index in [9.17, 15) is 5.11 Å². The van der Waals surface area contributed by atoms with E-state index in [1.165, 1.54) is 0 Å². The first-order valence-electron chi connectivity index (χ1n) is 5.85. The van der Waals surface area contributed by atoms with Crippen LogP contribution in [0.15, 0.2) is 48.5 Å². The number of benzene rings is 2. The zero-order valence-corrected chi connectivity index (χ0v) is 11.9. The first kappa shape index (κ1) is 14.2. The van der Waals surface area contributed by atoms with Crippen molar-refractivity contribution in [2.75, 3.05) is 6.61 Å². The summed E-state index contributed by atoms with van der Waals surface area (Å²) in [6.07, 6.45) is 0. The maximum atomic E-state index is 10.4. The number of aliphatic hydroxyl groups is 1. The molecular weight excluding hydrogens is 283 g/mol. The molecule has 2 nitrogen and oxygen atoms in total. The molecular formula is C15H14Cl2O2. The number of ether oxygens (including phenoxy) is 1. The average molecular weight is 297 g/mol. The Labute approximate surface area is 122 Å². The van der Waals surface area contributed by atoms with Gasteiger partial charge < -0.3 is 9.84 Å². The van der Waals surface area contributed by atoms with Gasteiger partial charge in [0, 0.05) is 6.07 Å². The van der Waals surface area contributed by atoms with Gasteiger partial charge in [-0.15, -0.1) is 0 Å². The summed E-state index contributed by atoms with van der Waals surface area (Å²) in [5.74, 6) is 0.575. The predicted octanol–water partition coefficient (Wildman–Crippen LogP) is 4.28. The minimum Gasteiger partial charge on any atom is -0.490 e. The maximum absolute atomic E-state index is 10.4. The van der Waals surface area contributed by atoms with Gasteiger partial charge in [-0.05, 0) is 24.6 Å². The first-order valence-corrected chi connectivity index (χ1v) is 6.60. The number of hydrogen-bond donors (Lipinski definition) is 1. The van der Waals surface area contributed by atoms with Crippen LogP contribution in [0.3, 0.4) is 0 Å². The monoisotopic (exact) mass is 296 g/mol. The highest BCUT2D eigenvalue weighted by Gasteiger charge is 2.23. The molecule has 0 saturated heterocycles. The van der Waals surface area contributed by atoms with Gasteiger partial charge in [-0.1, -0.05) is 53.5 Å². The molecule has 0 bridgehead atoms. The molecule has 19 heavy (non-hydrogen) atoms. The normalized spacial score (nSPS) is 13.9. The molecule has 0 aliphatic rings. The Kier molecular flexibility index (Phi) is 4.35. The van der Waals surface area contributed by atoms with E-state index in [2.05, 4.69) is 0 Å². The van der Waals surface area contributed by atoms with Crippen molar-refractivity contribution in [3.05, 3.63) is 64.1 Å². The van der Waals surface area contributed by atoms with Gasteiger partial charge in [0.05, 0.1) is 10.0 Å². The molecule has 2 rings (SSSR count). The fourth-order valence-electron chi connectivity index (χ4n) is 1.67. The van der Waals surface area contributed by atoms with Gasteiger partial charge in [-0.3, -0.25) is 0 Å². The number of hydrogen-bond acceptors (Lipinski definition) is 2. The Hall–Kier alpha value is -1.22. The third kappa shape index (κ3) is 3.63. The molecule has 0 heterocycles. The Morgan fingerprint density at radius 3 is 2.37 bits per heavy atom. The van der Waals surface area contributed by atoms with Gasteiger partial charge in [0.2, 0.25) is 0 Å². The van der Waals surface area contributed by atoms with Crippen molar-refractivity contribution in [2.24, 2.45) is 0 Å². The summed E-state index contributed by atoms with van der Waals surface area (Å²) in [5.41, 5.74) is -0.261. The van der Waals surface area contributed by atoms with E-state index in [1.54, 1.807) is 25.1 Å². The highest BCUT2D eigenvalue weighted by Crippen LogP contribution is 2.28. The van der Waals surface area contributed by atoms with Gasteiger partial charge in [-0.2, -0.15) is 0 Å². The van der Waals surface area contributed by atoms with Crippen molar-refractivity contribution < 1.29 is 9.84 Å². The molecule has 4 heteroatoms. The lowest BCUT2D eigenvalue weighted by molar-refractivity contribution is 0.00760. The lowest BCUT2D eigenvalue weighted by Crippen LogP contribution is -2.29. The zero-order valence-electron chi connectivity index (χ0n) is 10.4. The first-order chi connectivity index (χ1) is 8.99. The molecule has 0 amide bonds. The van der Waals surface area contributed by atoms with E-state index in [4.69, 9.17) is 27.9 Å². The molecule has 2 aromatic rings. The van der Waals surface area contributed by atoms with Crippen LogP contribution in [0.5, 0.6) is 5.75 Å². The maximum Gasteiger partial charge on any atom is 0.121 e. The Morgan fingerprint density at radius 2 is 1.74 bits per heavy atom. The lowest BCUT2D eigenvalue weighted by atomic mass is 9.97. The molecule has 0 aromatic heterocycles. The fourth-order valence-corrected chi connectivity index (χ4v) is 1.96. The number of rotatable bonds is 4. The standard InChI is InChI=1S/C15H14Cl2O2/c1-15(18,11-5-3-2-4-6-11)10-19-12-7-8-13(16)14(17)9-12/h2-9,18H,10H2,1H3. The second kappa shape index (κ2) is 5.83. The topological polar surface area (TPSA) is 29.5 Å². The van der Waals surface area contributed by atoms with Crippen molar-refractivity contribution in [2.45, 2.75) is 12.5 Å². The van der Waals surface area contributed by atoms with Crippen LogP contribution in [-0.4, -0.2) is 11.7 Å². The van der Waals surface area contributed by atoms with Crippen LogP contribution in [0.1, 0.15) is 12.5 Å². The summed E-state index contributed by atoms with van der Waals surface area (Å²) in [7, 11) is 0. The van der Waals surface area contributed by atoms with E-state index in [0.29, 0.717) is 15.8 Å².